The second kappa shape index (κ2) is 6.17. The molecule has 1 amide bonds. The molecule has 2 aliphatic carbocycles. The third kappa shape index (κ3) is 2.87. The fourth-order valence-electron chi connectivity index (χ4n) is 4.78. The largest absolute Gasteiger partial charge is 0.460 e. The van der Waals surface area contributed by atoms with E-state index in [1.165, 1.54) is 0 Å². The molecule has 2 saturated heterocycles. The Morgan fingerprint density at radius 3 is 2.54 bits per heavy atom. The van der Waals surface area contributed by atoms with Crippen LogP contribution < -0.4 is 5.32 Å². The van der Waals surface area contributed by atoms with Crippen LogP contribution in [0.15, 0.2) is 4.52 Å². The fraction of sp³-hybridized carbons (Fsp3) is 0.789. The lowest BCUT2D eigenvalue weighted by atomic mass is 9.51. The second-order valence-corrected chi connectivity index (χ2v) is 9.07. The second-order valence-electron chi connectivity index (χ2n) is 9.07. The lowest BCUT2D eigenvalue weighted by molar-refractivity contribution is -0.108. The summed E-state index contributed by atoms with van der Waals surface area (Å²) in [7, 11) is 0. The van der Waals surface area contributed by atoms with Crippen molar-refractivity contribution in [2.45, 2.75) is 82.0 Å². The first-order valence-electron chi connectivity index (χ1n) is 9.81. The van der Waals surface area contributed by atoms with Crippen molar-refractivity contribution in [3.05, 3.63) is 11.7 Å². The number of ether oxygens (including phenoxy) is 3. The number of nitrogens with one attached hydrogen (secondary N) is 1. The van der Waals surface area contributed by atoms with Crippen LogP contribution in [0.2, 0.25) is 0 Å². The molecule has 0 atom stereocenters. The highest BCUT2D eigenvalue weighted by Crippen LogP contribution is 2.72. The molecule has 0 radical (unpaired) electrons. The number of nitrogens with zero attached hydrogens (tertiary/aromatic N) is 2. The molecule has 154 valence electrons. The van der Waals surface area contributed by atoms with Gasteiger partial charge in [-0.05, 0) is 65.0 Å². The first kappa shape index (κ1) is 19.2. The Morgan fingerprint density at radius 2 is 1.96 bits per heavy atom. The SMILES string of the molecule is CCOC(=O)c1noc(C23CC(CNC(=O)OC(C)(C)C)(C2)OC32CCC2)n1. The van der Waals surface area contributed by atoms with Crippen molar-refractivity contribution >= 4 is 12.1 Å². The van der Waals surface area contributed by atoms with E-state index in [-0.39, 0.29) is 18.0 Å². The van der Waals surface area contributed by atoms with Crippen LogP contribution in [0.3, 0.4) is 0 Å². The minimum atomic E-state index is -0.590. The molecule has 28 heavy (non-hydrogen) atoms. The molecule has 5 rings (SSSR count). The maximum atomic E-state index is 12.0. The molecular formula is C19H27N3O6. The van der Waals surface area contributed by atoms with E-state index in [0.29, 0.717) is 25.3 Å². The summed E-state index contributed by atoms with van der Waals surface area (Å²) in [6.45, 7) is 7.82. The maximum absolute atomic E-state index is 12.0. The molecule has 0 aromatic carbocycles. The van der Waals surface area contributed by atoms with Crippen LogP contribution in [0.25, 0.3) is 0 Å². The van der Waals surface area contributed by atoms with Crippen molar-refractivity contribution in [1.82, 2.24) is 15.5 Å². The van der Waals surface area contributed by atoms with Crippen molar-refractivity contribution < 1.29 is 28.3 Å². The zero-order valence-corrected chi connectivity index (χ0v) is 16.8. The van der Waals surface area contributed by atoms with Crippen LogP contribution in [0.4, 0.5) is 4.79 Å². The van der Waals surface area contributed by atoms with Crippen LogP contribution in [-0.4, -0.2) is 52.2 Å². The van der Waals surface area contributed by atoms with E-state index in [1.807, 2.05) is 20.8 Å². The summed E-state index contributed by atoms with van der Waals surface area (Å²) in [5.74, 6) is -0.217. The predicted octanol–water partition coefficient (Wildman–Crippen LogP) is 2.49. The molecule has 1 aromatic rings. The zero-order valence-electron chi connectivity index (χ0n) is 16.8. The molecule has 3 heterocycles. The number of carbonyl (C=O) groups is 2. The standard InChI is InChI=1S/C19H27N3O6/c1-5-25-13(23)12-21-14(27-22-12)18-9-17(10-18,28-19(18)7-6-8-19)11-20-15(24)26-16(2,3)4/h5-11H2,1-4H3,(H,20,24). The van der Waals surface area contributed by atoms with Crippen molar-refractivity contribution in [3.8, 4) is 0 Å². The van der Waals surface area contributed by atoms with Gasteiger partial charge in [-0.15, -0.1) is 0 Å². The Bertz CT molecular complexity index is 786. The van der Waals surface area contributed by atoms with Gasteiger partial charge in [0.2, 0.25) is 5.89 Å². The summed E-state index contributed by atoms with van der Waals surface area (Å²) in [6, 6.07) is 0. The van der Waals surface area contributed by atoms with Gasteiger partial charge in [-0.2, -0.15) is 4.98 Å². The highest BCUT2D eigenvalue weighted by Gasteiger charge is 2.79. The summed E-state index contributed by atoms with van der Waals surface area (Å²) >= 11 is 0. The minimum Gasteiger partial charge on any atom is -0.460 e. The highest BCUT2D eigenvalue weighted by atomic mass is 16.6. The Morgan fingerprint density at radius 1 is 1.25 bits per heavy atom. The molecule has 0 unspecified atom stereocenters. The van der Waals surface area contributed by atoms with Gasteiger partial charge in [-0.3, -0.25) is 0 Å². The lowest BCUT2D eigenvalue weighted by Crippen LogP contribution is -2.58. The summed E-state index contributed by atoms with van der Waals surface area (Å²) in [6.07, 6.45) is 3.74. The fourth-order valence-corrected chi connectivity index (χ4v) is 4.78. The van der Waals surface area contributed by atoms with Gasteiger partial charge in [0, 0.05) is 0 Å². The molecule has 2 saturated carbocycles. The van der Waals surface area contributed by atoms with Crippen molar-refractivity contribution in [3.63, 3.8) is 0 Å². The normalized spacial score (nSPS) is 29.7. The van der Waals surface area contributed by atoms with E-state index in [0.717, 1.165) is 19.3 Å². The van der Waals surface area contributed by atoms with Gasteiger partial charge < -0.3 is 24.1 Å². The van der Waals surface area contributed by atoms with Crippen LogP contribution in [0.1, 0.15) is 76.3 Å². The van der Waals surface area contributed by atoms with Crippen LogP contribution in [-0.2, 0) is 19.6 Å². The number of hydrogen-bond acceptors (Lipinski definition) is 8. The summed E-state index contributed by atoms with van der Waals surface area (Å²) in [5, 5.41) is 6.63. The third-order valence-electron chi connectivity index (χ3n) is 5.94. The lowest BCUT2D eigenvalue weighted by Gasteiger charge is -2.48. The molecule has 4 aliphatic rings. The Balaban J connectivity index is 1.48. The summed E-state index contributed by atoms with van der Waals surface area (Å²) < 4.78 is 22.2. The van der Waals surface area contributed by atoms with Gasteiger partial charge in [0.1, 0.15) is 5.60 Å². The number of alkyl carbamates (subject to hydrolysis) is 1. The molecule has 1 spiro atoms. The van der Waals surface area contributed by atoms with Crippen LogP contribution in [0.5, 0.6) is 0 Å². The monoisotopic (exact) mass is 393 g/mol. The Hall–Kier alpha value is -2.16. The molecule has 1 aromatic heterocycles. The van der Waals surface area contributed by atoms with Gasteiger partial charge in [0.15, 0.2) is 0 Å². The van der Waals surface area contributed by atoms with E-state index in [1.54, 1.807) is 6.92 Å². The quantitative estimate of drug-likeness (QED) is 0.759. The number of hydrogen-bond donors (Lipinski definition) is 1. The van der Waals surface area contributed by atoms with E-state index < -0.39 is 28.7 Å². The van der Waals surface area contributed by atoms with Crippen molar-refractivity contribution in [2.24, 2.45) is 0 Å². The Kier molecular flexibility index (Phi) is 4.22. The first-order valence-corrected chi connectivity index (χ1v) is 9.81. The minimum absolute atomic E-state index is 0.0584. The van der Waals surface area contributed by atoms with E-state index >= 15 is 0 Å². The average molecular weight is 393 g/mol. The number of esters is 1. The molecule has 2 bridgehead atoms. The van der Waals surface area contributed by atoms with Gasteiger partial charge >= 0.3 is 12.1 Å². The zero-order chi connectivity index (χ0) is 20.2. The highest BCUT2D eigenvalue weighted by molar-refractivity contribution is 5.84. The third-order valence-corrected chi connectivity index (χ3v) is 5.94. The topological polar surface area (TPSA) is 113 Å². The smallest absolute Gasteiger partial charge is 0.407 e. The van der Waals surface area contributed by atoms with Gasteiger partial charge in [0.25, 0.3) is 5.82 Å². The van der Waals surface area contributed by atoms with E-state index in [9.17, 15) is 9.59 Å². The molecular weight excluding hydrogens is 366 g/mol. The number of carbonyl (C=O) groups excluding carboxylic acids is 2. The number of amides is 1. The van der Waals surface area contributed by atoms with Gasteiger partial charge in [0.05, 0.1) is 29.8 Å². The van der Waals surface area contributed by atoms with Crippen LogP contribution >= 0.6 is 0 Å². The van der Waals surface area contributed by atoms with E-state index in [2.05, 4.69) is 15.5 Å². The van der Waals surface area contributed by atoms with E-state index in [4.69, 9.17) is 18.7 Å². The van der Waals surface area contributed by atoms with Crippen molar-refractivity contribution in [1.29, 1.82) is 0 Å². The number of aromatic nitrogens is 2. The maximum Gasteiger partial charge on any atom is 0.407 e. The Labute approximate surface area is 163 Å². The number of rotatable bonds is 5. The predicted molar refractivity (Wildman–Crippen MR) is 95.8 cm³/mol. The average Bonchev–Trinajstić information content (AvgIpc) is 3.19. The summed E-state index contributed by atoms with van der Waals surface area (Å²) in [5.41, 5.74) is -1.78. The first-order chi connectivity index (χ1) is 13.1. The molecule has 1 N–H and O–H groups in total. The van der Waals surface area contributed by atoms with Crippen LogP contribution in [0, 0.1) is 0 Å². The molecule has 9 nitrogen and oxygen atoms in total. The summed E-state index contributed by atoms with van der Waals surface area (Å²) in [4.78, 5) is 28.2. The van der Waals surface area contributed by atoms with Gasteiger partial charge in [-0.25, -0.2) is 9.59 Å². The van der Waals surface area contributed by atoms with Gasteiger partial charge in [-0.1, -0.05) is 0 Å². The molecule has 2 aliphatic heterocycles. The van der Waals surface area contributed by atoms with Crippen molar-refractivity contribution in [2.75, 3.05) is 13.2 Å². The molecule has 9 heteroatoms. The molecule has 4 fully saturated rings.